The van der Waals surface area contributed by atoms with Gasteiger partial charge in [0.25, 0.3) is 0 Å². The number of esters is 2. The number of aliphatic hydroxyl groups is 3. The SMILES string of the molecule is CCCCC/C=C\C=C/[C@@H](O)C/C=C\C/C=C/CCCC(=O)OC[C@H](COP(=O)(O)OP(=O)(O)OC[C@H]1O[C@@H](n2ccc(N)nc2=O)[C@H](O)[C@@H]1O)OC(=O)CCCCCCCCC/C=C\C/C=C\CCCCC. The Morgan fingerprint density at radius 3 is 1.93 bits per heavy atom. The van der Waals surface area contributed by atoms with Crippen molar-refractivity contribution in [1.29, 1.82) is 0 Å². The summed E-state index contributed by atoms with van der Waals surface area (Å²) in [4.78, 5) is 61.9. The summed E-state index contributed by atoms with van der Waals surface area (Å²) in [6.07, 6.45) is 37.1. The molecule has 1 aliphatic heterocycles. The molecule has 21 heteroatoms. The largest absolute Gasteiger partial charge is 0.481 e. The quantitative estimate of drug-likeness (QED) is 0.0117. The minimum Gasteiger partial charge on any atom is -0.462 e. The Morgan fingerprint density at radius 2 is 1.29 bits per heavy atom. The van der Waals surface area contributed by atoms with Gasteiger partial charge in [-0.15, -0.1) is 0 Å². The first-order valence-electron chi connectivity index (χ1n) is 26.1. The number of carbonyl (C=O) groups excluding carboxylic acids is 2. The van der Waals surface area contributed by atoms with E-state index >= 15 is 0 Å². The second kappa shape index (κ2) is 39.6. The molecule has 1 aromatic heterocycles. The van der Waals surface area contributed by atoms with Gasteiger partial charge in [-0.1, -0.05) is 145 Å². The van der Waals surface area contributed by atoms with Crippen LogP contribution in [0.3, 0.4) is 0 Å². The number of allylic oxidation sites excluding steroid dienone is 10. The first kappa shape index (κ1) is 65.3. The Kier molecular flexibility index (Phi) is 35.4. The first-order chi connectivity index (χ1) is 35.1. The molecule has 2 rings (SSSR count). The predicted molar refractivity (Wildman–Crippen MR) is 281 cm³/mol. The third kappa shape index (κ3) is 32.3. The van der Waals surface area contributed by atoms with Crippen molar-refractivity contribution in [1.82, 2.24) is 9.55 Å². The fraction of sp³-hybridized carbons (Fsp3) is 0.654. The van der Waals surface area contributed by atoms with Gasteiger partial charge in [0.2, 0.25) is 0 Å². The molecule has 1 saturated heterocycles. The number of aromatic nitrogens is 2. The Morgan fingerprint density at radius 1 is 0.726 bits per heavy atom. The number of nitrogens with two attached hydrogens (primary N) is 1. The van der Waals surface area contributed by atoms with Crippen LogP contribution in [0.2, 0.25) is 0 Å². The van der Waals surface area contributed by atoms with Gasteiger partial charge in [-0.2, -0.15) is 9.29 Å². The highest BCUT2D eigenvalue weighted by molar-refractivity contribution is 7.61. The maximum Gasteiger partial charge on any atom is 0.481 e. The molecule has 2 heterocycles. The zero-order valence-electron chi connectivity index (χ0n) is 43.0. The number of nitrogen functional groups attached to an aromatic ring is 1. The number of nitrogens with zero attached hydrogens (tertiary/aromatic N) is 2. The third-order valence-electron chi connectivity index (χ3n) is 11.3. The molecule has 19 nitrogen and oxygen atoms in total. The fourth-order valence-electron chi connectivity index (χ4n) is 7.24. The minimum absolute atomic E-state index is 0.0122. The lowest BCUT2D eigenvalue weighted by Gasteiger charge is -2.21. The Labute approximate surface area is 432 Å². The van der Waals surface area contributed by atoms with Crippen LogP contribution in [0.4, 0.5) is 5.82 Å². The van der Waals surface area contributed by atoms with Crippen LogP contribution in [0, 0.1) is 0 Å². The summed E-state index contributed by atoms with van der Waals surface area (Å²) in [5.74, 6) is -1.42. The summed E-state index contributed by atoms with van der Waals surface area (Å²) < 4.78 is 56.7. The Balaban J connectivity index is 1.84. The topological polar surface area (TPSA) is 286 Å². The van der Waals surface area contributed by atoms with Gasteiger partial charge in [-0.05, 0) is 83.1 Å². The van der Waals surface area contributed by atoms with E-state index < -0.39 is 89.8 Å². The number of unbranched alkanes of at least 4 members (excludes halogenated alkanes) is 14. The molecule has 0 amide bonds. The molecule has 7 N–H and O–H groups in total. The number of rotatable bonds is 42. The van der Waals surface area contributed by atoms with Crippen LogP contribution in [0.5, 0.6) is 0 Å². The number of aliphatic hydroxyl groups excluding tert-OH is 3. The van der Waals surface area contributed by atoms with Crippen LogP contribution in [0.15, 0.2) is 90.0 Å². The van der Waals surface area contributed by atoms with Gasteiger partial charge in [0.05, 0.1) is 19.3 Å². The molecule has 0 aliphatic carbocycles. The summed E-state index contributed by atoms with van der Waals surface area (Å²) in [5.41, 5.74) is 4.58. The molecule has 0 saturated carbocycles. The van der Waals surface area contributed by atoms with Crippen molar-refractivity contribution < 1.29 is 71.4 Å². The van der Waals surface area contributed by atoms with Crippen LogP contribution in [-0.2, 0) is 46.3 Å². The highest BCUT2D eigenvalue weighted by Crippen LogP contribution is 2.60. The molecule has 1 aliphatic rings. The fourth-order valence-corrected chi connectivity index (χ4v) is 9.35. The number of hydrogen-bond donors (Lipinski definition) is 6. The number of phosphoric ester groups is 2. The molecular weight excluding hydrogens is 985 g/mol. The average molecular weight is 1070 g/mol. The summed E-state index contributed by atoms with van der Waals surface area (Å²) in [5, 5.41) is 31.0. The van der Waals surface area contributed by atoms with Crippen molar-refractivity contribution in [3.05, 3.63) is 95.7 Å². The van der Waals surface area contributed by atoms with E-state index in [9.17, 15) is 48.6 Å². The summed E-state index contributed by atoms with van der Waals surface area (Å²) in [6, 6.07) is 1.24. The van der Waals surface area contributed by atoms with E-state index in [-0.39, 0.29) is 18.7 Å². The molecular formula is C52H85N3O16P2. The number of carbonyl (C=O) groups is 2. The second-order valence-corrected chi connectivity index (χ2v) is 20.9. The van der Waals surface area contributed by atoms with Crippen molar-refractivity contribution >= 4 is 33.4 Å². The maximum absolute atomic E-state index is 12.9. The molecule has 0 radical (unpaired) electrons. The summed E-state index contributed by atoms with van der Waals surface area (Å²) in [7, 11) is -10.9. The molecule has 73 heavy (non-hydrogen) atoms. The smallest absolute Gasteiger partial charge is 0.462 e. The van der Waals surface area contributed by atoms with Crippen molar-refractivity contribution in [2.75, 3.05) is 25.6 Å². The van der Waals surface area contributed by atoms with Crippen molar-refractivity contribution in [2.24, 2.45) is 0 Å². The van der Waals surface area contributed by atoms with Crippen molar-refractivity contribution in [3.8, 4) is 0 Å². The van der Waals surface area contributed by atoms with Crippen LogP contribution in [-0.4, -0.2) is 96.9 Å². The molecule has 1 fully saturated rings. The number of anilines is 1. The van der Waals surface area contributed by atoms with E-state index in [1.165, 1.54) is 38.2 Å². The third-order valence-corrected chi connectivity index (χ3v) is 13.9. The van der Waals surface area contributed by atoms with Gasteiger partial charge in [0, 0.05) is 19.0 Å². The molecule has 2 unspecified atom stereocenters. The zero-order chi connectivity index (χ0) is 53.6. The predicted octanol–water partition coefficient (Wildman–Crippen LogP) is 9.86. The summed E-state index contributed by atoms with van der Waals surface area (Å²) >= 11 is 0. The van der Waals surface area contributed by atoms with Gasteiger partial charge in [0.1, 0.15) is 30.7 Å². The van der Waals surface area contributed by atoms with E-state index in [0.717, 1.165) is 81.4 Å². The second-order valence-electron chi connectivity index (χ2n) is 17.9. The van der Waals surface area contributed by atoms with E-state index in [0.29, 0.717) is 32.1 Å². The zero-order valence-corrected chi connectivity index (χ0v) is 44.8. The van der Waals surface area contributed by atoms with E-state index in [4.69, 9.17) is 29.0 Å². The van der Waals surface area contributed by atoms with Crippen molar-refractivity contribution in [3.63, 3.8) is 0 Å². The number of hydrogen-bond acceptors (Lipinski definition) is 16. The lowest BCUT2D eigenvalue weighted by molar-refractivity contribution is -0.161. The van der Waals surface area contributed by atoms with E-state index in [1.807, 2.05) is 36.5 Å². The van der Waals surface area contributed by atoms with E-state index in [2.05, 4.69) is 53.5 Å². The van der Waals surface area contributed by atoms with Gasteiger partial charge in [-0.3, -0.25) is 23.2 Å². The monoisotopic (exact) mass is 1070 g/mol. The highest BCUT2D eigenvalue weighted by Gasteiger charge is 2.46. The van der Waals surface area contributed by atoms with Gasteiger partial charge < -0.3 is 45.1 Å². The van der Waals surface area contributed by atoms with Crippen LogP contribution in [0.25, 0.3) is 0 Å². The van der Waals surface area contributed by atoms with Gasteiger partial charge in [-0.25, -0.2) is 13.9 Å². The molecule has 414 valence electrons. The maximum atomic E-state index is 12.9. The van der Waals surface area contributed by atoms with Crippen LogP contribution >= 0.6 is 15.6 Å². The van der Waals surface area contributed by atoms with Crippen LogP contribution < -0.4 is 11.4 Å². The number of ether oxygens (including phenoxy) is 3. The average Bonchev–Trinajstić information content (AvgIpc) is 3.62. The summed E-state index contributed by atoms with van der Waals surface area (Å²) in [6.45, 7) is 1.96. The standard InChI is InChI=1S/C52H85N3O16P2/c1-3-5-7-9-11-12-13-14-15-16-17-18-19-20-24-29-33-37-48(58)69-44(40-66-47(57)36-32-28-25-21-23-27-31-35-43(56)34-30-26-22-10-8-6-4-2)41-67-72(62,63)71-73(64,65)68-42-45-49(59)50(60)51(70-45)55-39-38-46(53)54-52(55)61/h11-12,14-15,21-22,25-27,30-31,34,38-39,43-45,49-51,56,59-60H,3-10,13,16-20,23-24,28-29,32-33,35-37,40-42H2,1-2H3,(H,62,63)(H,64,65)(H2,53,54,61)/b12-11-,15-14-,25-21+,26-22-,31-27-,34-30-/t43-,44-,45-,49-,50-,51-/m1/s1. The normalized spacial score (nSPS) is 20.0. The van der Waals surface area contributed by atoms with Crippen LogP contribution in [0.1, 0.15) is 168 Å². The van der Waals surface area contributed by atoms with Gasteiger partial charge in [0.15, 0.2) is 12.3 Å². The molecule has 8 atom stereocenters. The van der Waals surface area contributed by atoms with Gasteiger partial charge >= 0.3 is 33.3 Å². The highest BCUT2D eigenvalue weighted by atomic mass is 31.3. The number of phosphoric acid groups is 2. The Hall–Kier alpha value is -3.84. The molecule has 0 spiro atoms. The Bertz CT molecular complexity index is 2020. The molecule has 0 aromatic carbocycles. The first-order valence-corrected chi connectivity index (χ1v) is 29.0. The minimum atomic E-state index is -5.45. The molecule has 0 bridgehead atoms. The molecule has 1 aromatic rings. The lowest BCUT2D eigenvalue weighted by Crippen LogP contribution is -2.36. The lowest BCUT2D eigenvalue weighted by atomic mass is 10.1. The van der Waals surface area contributed by atoms with E-state index in [1.54, 1.807) is 6.08 Å². The van der Waals surface area contributed by atoms with Crippen molar-refractivity contribution in [2.45, 2.75) is 198 Å².